The van der Waals surface area contributed by atoms with Crippen LogP contribution in [0.15, 0.2) is 18.3 Å². The monoisotopic (exact) mass is 292 g/mol. The summed E-state index contributed by atoms with van der Waals surface area (Å²) < 4.78 is 4.68. The van der Waals surface area contributed by atoms with E-state index in [4.69, 9.17) is 0 Å². The number of ether oxygens (including phenoxy) is 1. The highest BCUT2D eigenvalue weighted by Crippen LogP contribution is 2.40. The number of anilines is 1. The van der Waals surface area contributed by atoms with Crippen LogP contribution in [0.1, 0.15) is 49.9 Å². The van der Waals surface area contributed by atoms with E-state index in [9.17, 15) is 9.90 Å². The van der Waals surface area contributed by atoms with Gasteiger partial charge in [0.25, 0.3) is 0 Å². The molecular formula is C16H24N2O3. The maximum absolute atomic E-state index is 11.5. The Labute approximate surface area is 125 Å². The lowest BCUT2D eigenvalue weighted by Gasteiger charge is -2.40. The molecule has 1 fully saturated rings. The van der Waals surface area contributed by atoms with Crippen molar-refractivity contribution in [2.45, 2.75) is 45.1 Å². The molecule has 116 valence electrons. The summed E-state index contributed by atoms with van der Waals surface area (Å²) in [6.45, 7) is 4.92. The SMILES string of the molecule is COC(=O)c1ccnc(NCC2(O)CCC(C)(C)CC2)c1. The molecule has 0 atom stereocenters. The first kappa shape index (κ1) is 15.8. The Balaban J connectivity index is 1.95. The number of esters is 1. The maximum Gasteiger partial charge on any atom is 0.338 e. The van der Waals surface area contributed by atoms with Crippen molar-refractivity contribution in [2.24, 2.45) is 5.41 Å². The number of aliphatic hydroxyl groups is 1. The summed E-state index contributed by atoms with van der Waals surface area (Å²) >= 11 is 0. The molecule has 5 heteroatoms. The minimum absolute atomic E-state index is 0.315. The van der Waals surface area contributed by atoms with Gasteiger partial charge in [-0.1, -0.05) is 13.8 Å². The fourth-order valence-electron chi connectivity index (χ4n) is 2.60. The van der Waals surface area contributed by atoms with Gasteiger partial charge in [-0.15, -0.1) is 0 Å². The van der Waals surface area contributed by atoms with E-state index < -0.39 is 11.6 Å². The number of methoxy groups -OCH3 is 1. The topological polar surface area (TPSA) is 71.5 Å². The van der Waals surface area contributed by atoms with Crippen LogP contribution < -0.4 is 5.32 Å². The van der Waals surface area contributed by atoms with E-state index in [-0.39, 0.29) is 0 Å². The summed E-state index contributed by atoms with van der Waals surface area (Å²) in [6.07, 6.45) is 5.15. The molecular weight excluding hydrogens is 268 g/mol. The van der Waals surface area contributed by atoms with Crippen molar-refractivity contribution in [3.8, 4) is 0 Å². The highest BCUT2D eigenvalue weighted by atomic mass is 16.5. The van der Waals surface area contributed by atoms with Crippen molar-refractivity contribution in [3.05, 3.63) is 23.9 Å². The Morgan fingerprint density at radius 2 is 2.05 bits per heavy atom. The molecule has 0 aliphatic heterocycles. The minimum atomic E-state index is -0.696. The van der Waals surface area contributed by atoms with E-state index in [1.165, 1.54) is 7.11 Å². The Kier molecular flexibility index (Phi) is 4.52. The van der Waals surface area contributed by atoms with Gasteiger partial charge in [0.05, 0.1) is 18.3 Å². The second-order valence-corrected chi connectivity index (χ2v) is 6.66. The van der Waals surface area contributed by atoms with Crippen molar-refractivity contribution in [1.29, 1.82) is 0 Å². The summed E-state index contributed by atoms with van der Waals surface area (Å²) in [5, 5.41) is 13.7. The second-order valence-electron chi connectivity index (χ2n) is 6.66. The molecule has 5 nitrogen and oxygen atoms in total. The van der Waals surface area contributed by atoms with Gasteiger partial charge in [-0.05, 0) is 43.2 Å². The van der Waals surface area contributed by atoms with Crippen molar-refractivity contribution < 1.29 is 14.6 Å². The molecule has 21 heavy (non-hydrogen) atoms. The standard InChI is InChI=1S/C16H24N2O3/c1-15(2)5-7-16(20,8-6-15)11-18-13-10-12(4-9-17-13)14(19)21-3/h4,9-10,20H,5-8,11H2,1-3H3,(H,17,18). The molecule has 1 aliphatic carbocycles. The predicted molar refractivity (Wildman–Crippen MR) is 81.3 cm³/mol. The van der Waals surface area contributed by atoms with E-state index in [2.05, 4.69) is 28.9 Å². The average molecular weight is 292 g/mol. The Hall–Kier alpha value is -1.62. The molecule has 0 spiro atoms. The molecule has 1 aliphatic rings. The molecule has 0 radical (unpaired) electrons. The van der Waals surface area contributed by atoms with Gasteiger partial charge in [0, 0.05) is 12.7 Å². The third-order valence-corrected chi connectivity index (χ3v) is 4.31. The first-order valence-electron chi connectivity index (χ1n) is 7.34. The first-order valence-corrected chi connectivity index (χ1v) is 7.34. The summed E-state index contributed by atoms with van der Waals surface area (Å²) in [5.74, 6) is 0.190. The van der Waals surface area contributed by atoms with Crippen LogP contribution in [0.25, 0.3) is 0 Å². The lowest BCUT2D eigenvalue weighted by Crippen LogP contribution is -2.42. The molecule has 2 rings (SSSR count). The lowest BCUT2D eigenvalue weighted by molar-refractivity contribution is -0.0145. The molecule has 0 aromatic carbocycles. The van der Waals surface area contributed by atoms with Crippen LogP contribution in [-0.4, -0.2) is 35.3 Å². The van der Waals surface area contributed by atoms with E-state index in [0.29, 0.717) is 23.3 Å². The summed E-state index contributed by atoms with van der Waals surface area (Å²) in [5.41, 5.74) is 0.0695. The van der Waals surface area contributed by atoms with Gasteiger partial charge in [-0.3, -0.25) is 0 Å². The van der Waals surface area contributed by atoms with Crippen LogP contribution in [0.2, 0.25) is 0 Å². The Bertz CT molecular complexity index is 504. The van der Waals surface area contributed by atoms with Crippen molar-refractivity contribution >= 4 is 11.8 Å². The number of carbonyl (C=O) groups excluding carboxylic acids is 1. The highest BCUT2D eigenvalue weighted by molar-refractivity contribution is 5.89. The van der Waals surface area contributed by atoms with E-state index in [0.717, 1.165) is 25.7 Å². The third kappa shape index (κ3) is 4.17. The fourth-order valence-corrected chi connectivity index (χ4v) is 2.60. The van der Waals surface area contributed by atoms with Crippen LogP contribution in [0.4, 0.5) is 5.82 Å². The smallest absolute Gasteiger partial charge is 0.338 e. The van der Waals surface area contributed by atoms with Crippen LogP contribution in [-0.2, 0) is 4.74 Å². The number of nitrogens with one attached hydrogen (secondary N) is 1. The van der Waals surface area contributed by atoms with Crippen LogP contribution in [0.5, 0.6) is 0 Å². The number of carbonyl (C=O) groups is 1. The van der Waals surface area contributed by atoms with Gasteiger partial charge < -0.3 is 15.2 Å². The summed E-state index contributed by atoms with van der Waals surface area (Å²) in [6, 6.07) is 3.25. The van der Waals surface area contributed by atoms with E-state index in [1.807, 2.05) is 0 Å². The zero-order valence-corrected chi connectivity index (χ0v) is 13.0. The number of rotatable bonds is 4. The quantitative estimate of drug-likeness (QED) is 0.835. The van der Waals surface area contributed by atoms with Crippen LogP contribution in [0, 0.1) is 5.41 Å². The molecule has 1 aromatic rings. The molecule has 0 unspecified atom stereocenters. The zero-order chi connectivity index (χ0) is 15.5. The van der Waals surface area contributed by atoms with Crippen LogP contribution in [0.3, 0.4) is 0 Å². The van der Waals surface area contributed by atoms with Gasteiger partial charge in [0.2, 0.25) is 0 Å². The van der Waals surface area contributed by atoms with E-state index in [1.54, 1.807) is 18.3 Å². The van der Waals surface area contributed by atoms with Crippen molar-refractivity contribution in [3.63, 3.8) is 0 Å². The van der Waals surface area contributed by atoms with Crippen LogP contribution >= 0.6 is 0 Å². The largest absolute Gasteiger partial charge is 0.465 e. The number of aromatic nitrogens is 1. The Morgan fingerprint density at radius 1 is 1.38 bits per heavy atom. The molecule has 0 saturated heterocycles. The lowest BCUT2D eigenvalue weighted by atomic mass is 9.71. The van der Waals surface area contributed by atoms with Crippen molar-refractivity contribution in [1.82, 2.24) is 4.98 Å². The fraction of sp³-hybridized carbons (Fsp3) is 0.625. The minimum Gasteiger partial charge on any atom is -0.465 e. The third-order valence-electron chi connectivity index (χ3n) is 4.31. The average Bonchev–Trinajstić information content (AvgIpc) is 2.48. The maximum atomic E-state index is 11.5. The molecule has 0 bridgehead atoms. The highest BCUT2D eigenvalue weighted by Gasteiger charge is 2.36. The first-order chi connectivity index (χ1) is 9.84. The van der Waals surface area contributed by atoms with Gasteiger partial charge in [-0.2, -0.15) is 0 Å². The Morgan fingerprint density at radius 3 is 2.67 bits per heavy atom. The molecule has 2 N–H and O–H groups in total. The predicted octanol–water partition coefficient (Wildman–Crippen LogP) is 2.61. The molecule has 1 saturated carbocycles. The summed E-state index contributed by atoms with van der Waals surface area (Å²) in [4.78, 5) is 15.6. The van der Waals surface area contributed by atoms with Crippen molar-refractivity contribution in [2.75, 3.05) is 19.0 Å². The molecule has 0 amide bonds. The van der Waals surface area contributed by atoms with Gasteiger partial charge in [-0.25, -0.2) is 9.78 Å². The second kappa shape index (κ2) is 6.02. The number of hydrogen-bond donors (Lipinski definition) is 2. The van der Waals surface area contributed by atoms with E-state index >= 15 is 0 Å². The molecule has 1 aromatic heterocycles. The number of nitrogens with zero attached hydrogens (tertiary/aromatic N) is 1. The number of hydrogen-bond acceptors (Lipinski definition) is 5. The van der Waals surface area contributed by atoms with Gasteiger partial charge in [0.1, 0.15) is 5.82 Å². The summed E-state index contributed by atoms with van der Waals surface area (Å²) in [7, 11) is 1.35. The molecule has 1 heterocycles. The number of pyridine rings is 1. The van der Waals surface area contributed by atoms with Gasteiger partial charge in [0.15, 0.2) is 0 Å². The van der Waals surface area contributed by atoms with Gasteiger partial charge >= 0.3 is 5.97 Å². The normalized spacial score (nSPS) is 19.8. The zero-order valence-electron chi connectivity index (χ0n) is 13.0.